The standard InChI is InChI=1S/C33H29ClFN5O4S.C2HF3O2/c34-27-17-25(10-13-28(27)35)39-31(42)18-29-32(43)40(33(45-29)38-16-14-24-3-1-2-15-37-24)19-21-4-6-22(7-5-21)23-8-11-26(12-9-23)44-20-30(36)41;3-2(4,5)1(6)7/h1-13,15,17,29H,14,16,18-20H2,(H2,36,41)(H,39,42);(H,6,7). The molecule has 1 unspecified atom stereocenters. The second-order valence-corrected chi connectivity index (χ2v) is 12.5. The number of nitrogens with one attached hydrogen (secondary N) is 1. The lowest BCUT2D eigenvalue weighted by Gasteiger charge is -2.17. The van der Waals surface area contributed by atoms with Gasteiger partial charge in [0.25, 0.3) is 5.91 Å². The molecule has 272 valence electrons. The molecule has 3 aromatic carbocycles. The van der Waals surface area contributed by atoms with Gasteiger partial charge in [0.05, 0.1) is 11.6 Å². The van der Waals surface area contributed by atoms with Crippen LogP contribution in [0.1, 0.15) is 17.7 Å². The van der Waals surface area contributed by atoms with Crippen molar-refractivity contribution in [2.45, 2.75) is 30.8 Å². The number of carbonyl (C=O) groups excluding carboxylic acids is 3. The molecule has 1 saturated heterocycles. The number of aliphatic carboxylic acids is 1. The highest BCUT2D eigenvalue weighted by Gasteiger charge is 2.39. The number of carbonyl (C=O) groups is 4. The lowest BCUT2D eigenvalue weighted by Crippen LogP contribution is -2.33. The summed E-state index contributed by atoms with van der Waals surface area (Å²) in [6.07, 6.45) is -2.85. The number of carboxylic acids is 1. The number of aliphatic imine (C=N–C) groups is 1. The first-order chi connectivity index (χ1) is 24.7. The summed E-state index contributed by atoms with van der Waals surface area (Å²) >= 11 is 7.09. The third-order valence-corrected chi connectivity index (χ3v) is 8.54. The number of pyridine rings is 1. The molecule has 52 heavy (non-hydrogen) atoms. The number of hydrogen-bond donors (Lipinski definition) is 3. The first-order valence-electron chi connectivity index (χ1n) is 15.3. The zero-order chi connectivity index (χ0) is 37.8. The molecule has 5 rings (SSSR count). The highest BCUT2D eigenvalue weighted by molar-refractivity contribution is 8.15. The summed E-state index contributed by atoms with van der Waals surface area (Å²) in [7, 11) is 0. The third kappa shape index (κ3) is 11.8. The molecule has 0 saturated carbocycles. The zero-order valence-corrected chi connectivity index (χ0v) is 28.6. The number of anilines is 1. The number of nitrogens with zero attached hydrogens (tertiary/aromatic N) is 3. The van der Waals surface area contributed by atoms with Gasteiger partial charge in [-0.25, -0.2) is 9.18 Å². The van der Waals surface area contributed by atoms with Crippen molar-refractivity contribution in [1.82, 2.24) is 9.88 Å². The van der Waals surface area contributed by atoms with Crippen molar-refractivity contribution in [3.8, 4) is 16.9 Å². The van der Waals surface area contributed by atoms with Crippen LogP contribution in [0.25, 0.3) is 11.1 Å². The highest BCUT2D eigenvalue weighted by atomic mass is 35.5. The summed E-state index contributed by atoms with van der Waals surface area (Å²) in [5.74, 6) is -3.97. The smallest absolute Gasteiger partial charge is 0.484 e. The Morgan fingerprint density at radius 1 is 1.02 bits per heavy atom. The first-order valence-corrected chi connectivity index (χ1v) is 16.5. The molecule has 11 nitrogen and oxygen atoms in total. The number of hydrogen-bond acceptors (Lipinski definition) is 8. The van der Waals surface area contributed by atoms with Crippen LogP contribution in [0.4, 0.5) is 23.2 Å². The molecule has 0 radical (unpaired) electrons. The predicted molar refractivity (Wildman–Crippen MR) is 187 cm³/mol. The maximum atomic E-state index is 13.6. The van der Waals surface area contributed by atoms with Gasteiger partial charge in [0.1, 0.15) is 16.8 Å². The van der Waals surface area contributed by atoms with Crippen molar-refractivity contribution in [3.05, 3.63) is 113 Å². The SMILES string of the molecule is NC(=O)COc1ccc(-c2ccc(CN3C(=O)C(CC(=O)Nc4ccc(F)c(Cl)c4)SC3=NCCc3ccccn3)cc2)cc1.O=C(O)C(F)(F)F. The summed E-state index contributed by atoms with van der Waals surface area (Å²) in [6.45, 7) is 0.513. The normalized spacial score (nSPS) is 14.8. The molecule has 2 heterocycles. The fourth-order valence-electron chi connectivity index (χ4n) is 4.56. The Morgan fingerprint density at radius 3 is 2.25 bits per heavy atom. The molecule has 1 atom stereocenters. The van der Waals surface area contributed by atoms with E-state index in [4.69, 9.17) is 37.0 Å². The Morgan fingerprint density at radius 2 is 1.67 bits per heavy atom. The van der Waals surface area contributed by atoms with Crippen molar-refractivity contribution in [2.24, 2.45) is 10.7 Å². The van der Waals surface area contributed by atoms with Gasteiger partial charge in [-0.05, 0) is 59.2 Å². The number of amides is 3. The van der Waals surface area contributed by atoms with Gasteiger partial charge < -0.3 is 20.9 Å². The van der Waals surface area contributed by atoms with Crippen molar-refractivity contribution >= 4 is 57.9 Å². The van der Waals surface area contributed by atoms with E-state index in [0.717, 1.165) is 22.4 Å². The van der Waals surface area contributed by atoms with Crippen LogP contribution in [0.5, 0.6) is 5.75 Å². The van der Waals surface area contributed by atoms with Gasteiger partial charge in [-0.15, -0.1) is 0 Å². The van der Waals surface area contributed by atoms with Crippen LogP contribution in [-0.4, -0.2) is 68.4 Å². The number of thioether (sulfide) groups is 1. The summed E-state index contributed by atoms with van der Waals surface area (Å²) in [5.41, 5.74) is 9.16. The van der Waals surface area contributed by atoms with Crippen molar-refractivity contribution < 1.29 is 46.6 Å². The van der Waals surface area contributed by atoms with Gasteiger partial charge in [0, 0.05) is 37.0 Å². The Kier molecular flexibility index (Phi) is 13.7. The van der Waals surface area contributed by atoms with Crippen LogP contribution in [0.2, 0.25) is 5.02 Å². The minimum atomic E-state index is -5.08. The number of primary amides is 1. The quantitative estimate of drug-likeness (QED) is 0.146. The van der Waals surface area contributed by atoms with Crippen molar-refractivity contribution in [1.29, 1.82) is 0 Å². The van der Waals surface area contributed by atoms with Crippen LogP contribution in [0.3, 0.4) is 0 Å². The van der Waals surface area contributed by atoms with Gasteiger partial charge in [0.15, 0.2) is 11.8 Å². The Labute approximate surface area is 303 Å². The van der Waals surface area contributed by atoms with Crippen LogP contribution in [-0.2, 0) is 32.1 Å². The molecule has 3 amide bonds. The molecular formula is C35H30ClF4N5O6S. The molecule has 0 bridgehead atoms. The van der Waals surface area contributed by atoms with Gasteiger partial charge in [0.2, 0.25) is 11.8 Å². The number of rotatable bonds is 12. The minimum Gasteiger partial charge on any atom is -0.484 e. The maximum absolute atomic E-state index is 13.6. The summed E-state index contributed by atoms with van der Waals surface area (Å²) in [5, 5.41) is 9.57. The van der Waals surface area contributed by atoms with E-state index in [1.807, 2.05) is 54.6 Å². The second-order valence-electron chi connectivity index (χ2n) is 10.9. The number of aromatic nitrogens is 1. The number of halogens is 5. The fourth-order valence-corrected chi connectivity index (χ4v) is 5.90. The van der Waals surface area contributed by atoms with E-state index < -0.39 is 35.0 Å². The maximum Gasteiger partial charge on any atom is 0.490 e. The van der Waals surface area contributed by atoms with E-state index in [1.54, 1.807) is 23.2 Å². The number of nitrogens with two attached hydrogens (primary N) is 1. The monoisotopic (exact) mass is 759 g/mol. The lowest BCUT2D eigenvalue weighted by atomic mass is 10.0. The summed E-state index contributed by atoms with van der Waals surface area (Å²) < 4.78 is 50.6. The highest BCUT2D eigenvalue weighted by Crippen LogP contribution is 2.32. The topological polar surface area (TPSA) is 164 Å². The van der Waals surface area contributed by atoms with E-state index in [9.17, 15) is 31.9 Å². The third-order valence-electron chi connectivity index (χ3n) is 7.04. The van der Waals surface area contributed by atoms with Crippen LogP contribution in [0, 0.1) is 5.82 Å². The Balaban J connectivity index is 0.000000785. The van der Waals surface area contributed by atoms with Crippen LogP contribution in [0.15, 0.2) is 96.1 Å². The predicted octanol–water partition coefficient (Wildman–Crippen LogP) is 6.11. The average molecular weight is 760 g/mol. The van der Waals surface area contributed by atoms with Gasteiger partial charge >= 0.3 is 12.1 Å². The van der Waals surface area contributed by atoms with Crippen LogP contribution < -0.4 is 15.8 Å². The zero-order valence-electron chi connectivity index (χ0n) is 27.0. The van der Waals surface area contributed by atoms with Gasteiger partial charge in [-0.2, -0.15) is 13.2 Å². The number of ether oxygens (including phenoxy) is 1. The van der Waals surface area contributed by atoms with Gasteiger partial charge in [-0.1, -0.05) is 65.8 Å². The molecule has 1 aliphatic rings. The molecule has 0 aliphatic carbocycles. The average Bonchev–Trinajstić information content (AvgIpc) is 3.38. The molecule has 1 fully saturated rings. The molecule has 4 aromatic rings. The van der Waals surface area contributed by atoms with E-state index in [-0.39, 0.29) is 30.5 Å². The Hall–Kier alpha value is -5.48. The van der Waals surface area contributed by atoms with Crippen LogP contribution >= 0.6 is 23.4 Å². The first kappa shape index (κ1) is 39.3. The van der Waals surface area contributed by atoms with E-state index in [0.29, 0.717) is 29.6 Å². The van der Waals surface area contributed by atoms with E-state index in [1.165, 1.54) is 30.0 Å². The number of alkyl halides is 3. The van der Waals surface area contributed by atoms with Gasteiger partial charge in [-0.3, -0.25) is 29.3 Å². The summed E-state index contributed by atoms with van der Waals surface area (Å²) in [6, 6.07) is 24.7. The molecular weight excluding hydrogens is 730 g/mol. The fraction of sp³-hybridized carbons (Fsp3) is 0.200. The molecule has 17 heteroatoms. The Bertz CT molecular complexity index is 1920. The lowest BCUT2D eigenvalue weighted by molar-refractivity contribution is -0.192. The van der Waals surface area contributed by atoms with Crippen molar-refractivity contribution in [2.75, 3.05) is 18.5 Å². The second kappa shape index (κ2) is 18.1. The van der Waals surface area contributed by atoms with E-state index in [2.05, 4.69) is 10.3 Å². The number of amidine groups is 1. The molecule has 0 spiro atoms. The molecule has 4 N–H and O–H groups in total. The van der Waals surface area contributed by atoms with Crippen molar-refractivity contribution in [3.63, 3.8) is 0 Å². The molecule has 1 aliphatic heterocycles. The molecule has 1 aromatic heterocycles. The summed E-state index contributed by atoms with van der Waals surface area (Å²) in [4.78, 5) is 56.9. The minimum absolute atomic E-state index is 0.0909. The largest absolute Gasteiger partial charge is 0.490 e. The number of benzene rings is 3. The van der Waals surface area contributed by atoms with E-state index >= 15 is 0 Å². The number of carboxylic acid groups (broad SMARTS) is 1.